The molecule has 1 unspecified atom stereocenters. The number of Topliss-reactive ketones (excluding diaryl/α,β-unsaturated/α-hetero) is 1. The second-order valence-corrected chi connectivity index (χ2v) is 9.02. The molecule has 2 aliphatic rings. The summed E-state index contributed by atoms with van der Waals surface area (Å²) >= 11 is 0. The largest absolute Gasteiger partial charge is 0.376 e. The number of ketones is 1. The van der Waals surface area contributed by atoms with Gasteiger partial charge in [0.2, 0.25) is 0 Å². The summed E-state index contributed by atoms with van der Waals surface area (Å²) in [5.74, 6) is -0.0826. The first-order valence-corrected chi connectivity index (χ1v) is 11.7. The van der Waals surface area contributed by atoms with Crippen LogP contribution in [-0.2, 0) is 16.9 Å². The molecule has 0 radical (unpaired) electrons. The number of carbonyl (C=O) groups is 1. The van der Waals surface area contributed by atoms with Crippen LogP contribution >= 0.6 is 24.8 Å². The molecule has 0 saturated carbocycles. The van der Waals surface area contributed by atoms with Gasteiger partial charge in [0.25, 0.3) is 0 Å². The number of piperazine rings is 1. The number of likely N-dealkylation sites (tertiary alicyclic amines) is 1. The van der Waals surface area contributed by atoms with Gasteiger partial charge in [-0.3, -0.25) is 19.5 Å². The third-order valence-corrected chi connectivity index (χ3v) is 6.69. The normalized spacial score (nSPS) is 19.7. The number of halogens is 2. The van der Waals surface area contributed by atoms with Gasteiger partial charge < -0.3 is 5.11 Å². The highest BCUT2D eigenvalue weighted by Gasteiger charge is 2.40. The Morgan fingerprint density at radius 3 is 1.88 bits per heavy atom. The zero-order chi connectivity index (χ0) is 21.5. The van der Waals surface area contributed by atoms with Crippen LogP contribution in [0.5, 0.6) is 0 Å². The van der Waals surface area contributed by atoms with E-state index in [0.29, 0.717) is 18.7 Å². The fourth-order valence-electron chi connectivity index (χ4n) is 4.78. The number of nitrogens with zero attached hydrogens (tertiary/aromatic N) is 3. The molecule has 7 heteroatoms. The second-order valence-electron chi connectivity index (χ2n) is 9.02. The van der Waals surface area contributed by atoms with E-state index in [1.807, 2.05) is 36.4 Å². The molecule has 1 atom stereocenters. The average Bonchev–Trinajstić information content (AvgIpc) is 2.82. The van der Waals surface area contributed by atoms with E-state index in [2.05, 4.69) is 39.0 Å². The van der Waals surface area contributed by atoms with Crippen LogP contribution in [0.3, 0.4) is 0 Å². The van der Waals surface area contributed by atoms with Crippen LogP contribution < -0.4 is 0 Å². The van der Waals surface area contributed by atoms with Crippen molar-refractivity contribution in [1.29, 1.82) is 0 Å². The molecule has 1 N–H and O–H groups in total. The third kappa shape index (κ3) is 7.51. The summed E-state index contributed by atoms with van der Waals surface area (Å²) in [5.41, 5.74) is 0.597. The number of aliphatic hydroxyl groups is 1. The fourth-order valence-corrected chi connectivity index (χ4v) is 4.78. The maximum absolute atomic E-state index is 13.4. The van der Waals surface area contributed by atoms with Crippen molar-refractivity contribution in [2.24, 2.45) is 0 Å². The van der Waals surface area contributed by atoms with Gasteiger partial charge in [0.05, 0.1) is 6.54 Å². The van der Waals surface area contributed by atoms with E-state index in [4.69, 9.17) is 0 Å². The van der Waals surface area contributed by atoms with E-state index in [0.717, 1.165) is 58.7 Å². The van der Waals surface area contributed by atoms with Gasteiger partial charge in [-0.2, -0.15) is 0 Å². The number of rotatable bonds is 8. The van der Waals surface area contributed by atoms with Gasteiger partial charge in [-0.15, -0.1) is 24.8 Å². The zero-order valence-corrected chi connectivity index (χ0v) is 20.9. The first kappa shape index (κ1) is 27.8. The second kappa shape index (κ2) is 13.4. The van der Waals surface area contributed by atoms with Gasteiger partial charge in [-0.25, -0.2) is 0 Å². The lowest BCUT2D eigenvalue weighted by Crippen LogP contribution is -2.54. The Kier molecular flexibility index (Phi) is 11.3. The summed E-state index contributed by atoms with van der Waals surface area (Å²) < 4.78 is 0. The topological polar surface area (TPSA) is 47.0 Å². The molecular weight excluding hydrogens is 457 g/mol. The molecule has 2 heterocycles. The molecule has 5 nitrogen and oxygen atoms in total. The van der Waals surface area contributed by atoms with Crippen molar-refractivity contribution >= 4 is 30.6 Å². The highest BCUT2D eigenvalue weighted by atomic mass is 35.5. The lowest BCUT2D eigenvalue weighted by molar-refractivity contribution is -0.142. The standard InChI is InChI=1S/C26H35N3O2.2ClH/c30-25(21-28-18-16-27(17-19-28)20-23-10-4-1-5-11-23)26(31,24-12-6-2-7-13-24)22-29-14-8-3-9-15-29;;/h1-2,4-7,10-13,31H,3,8-9,14-22H2;2*1H. The average molecular weight is 495 g/mol. The molecule has 2 saturated heterocycles. The molecule has 2 aliphatic heterocycles. The molecule has 0 bridgehead atoms. The highest BCUT2D eigenvalue weighted by Crippen LogP contribution is 2.26. The van der Waals surface area contributed by atoms with Crippen molar-refractivity contribution in [3.05, 3.63) is 71.8 Å². The van der Waals surface area contributed by atoms with Crippen molar-refractivity contribution in [3.63, 3.8) is 0 Å². The highest BCUT2D eigenvalue weighted by molar-refractivity contribution is 5.90. The predicted octanol–water partition coefficient (Wildman–Crippen LogP) is 3.59. The minimum Gasteiger partial charge on any atom is -0.376 e. The quantitative estimate of drug-likeness (QED) is 0.608. The van der Waals surface area contributed by atoms with E-state index in [1.54, 1.807) is 0 Å². The molecule has 4 rings (SSSR count). The maximum atomic E-state index is 13.4. The molecule has 2 aromatic rings. The Bertz CT molecular complexity index is 826. The van der Waals surface area contributed by atoms with Crippen LogP contribution in [0.25, 0.3) is 0 Å². The molecule has 0 aromatic heterocycles. The van der Waals surface area contributed by atoms with Crippen molar-refractivity contribution in [2.75, 3.05) is 52.4 Å². The van der Waals surface area contributed by atoms with Crippen LogP contribution in [0, 0.1) is 0 Å². The first-order chi connectivity index (χ1) is 15.1. The van der Waals surface area contributed by atoms with Crippen molar-refractivity contribution in [3.8, 4) is 0 Å². The van der Waals surface area contributed by atoms with Gasteiger partial charge in [-0.05, 0) is 37.1 Å². The van der Waals surface area contributed by atoms with Crippen LogP contribution in [-0.4, -0.2) is 77.9 Å². The summed E-state index contributed by atoms with van der Waals surface area (Å²) in [6.07, 6.45) is 3.52. The summed E-state index contributed by atoms with van der Waals surface area (Å²) in [5, 5.41) is 11.7. The Labute approximate surface area is 210 Å². The van der Waals surface area contributed by atoms with Crippen molar-refractivity contribution < 1.29 is 9.90 Å². The van der Waals surface area contributed by atoms with Gasteiger partial charge in [0.1, 0.15) is 0 Å². The molecule has 33 heavy (non-hydrogen) atoms. The predicted molar refractivity (Wildman–Crippen MR) is 138 cm³/mol. The molecule has 0 amide bonds. The van der Waals surface area contributed by atoms with Crippen molar-refractivity contribution in [1.82, 2.24) is 14.7 Å². The van der Waals surface area contributed by atoms with E-state index >= 15 is 0 Å². The Balaban J connectivity index is 0.00000193. The van der Waals surface area contributed by atoms with Gasteiger partial charge in [0, 0.05) is 39.3 Å². The Hall–Kier alpha value is -1.47. The zero-order valence-electron chi connectivity index (χ0n) is 19.3. The number of β-amino-alcohol motifs (C(OH)–C–C–N with tert-alkyl or cyclic N) is 1. The van der Waals surface area contributed by atoms with E-state index < -0.39 is 5.60 Å². The van der Waals surface area contributed by atoms with Crippen LogP contribution in [0.4, 0.5) is 0 Å². The number of piperidine rings is 1. The smallest absolute Gasteiger partial charge is 0.184 e. The van der Waals surface area contributed by atoms with E-state index in [1.165, 1.54) is 12.0 Å². The Morgan fingerprint density at radius 1 is 0.727 bits per heavy atom. The molecule has 0 spiro atoms. The Morgan fingerprint density at radius 2 is 1.27 bits per heavy atom. The number of benzene rings is 2. The van der Waals surface area contributed by atoms with E-state index in [9.17, 15) is 9.90 Å². The fraction of sp³-hybridized carbons (Fsp3) is 0.500. The molecule has 0 aliphatic carbocycles. The lowest BCUT2D eigenvalue weighted by Gasteiger charge is -2.38. The molecule has 2 fully saturated rings. The monoisotopic (exact) mass is 493 g/mol. The minimum absolute atomic E-state index is 0. The van der Waals surface area contributed by atoms with Crippen LogP contribution in [0.2, 0.25) is 0 Å². The van der Waals surface area contributed by atoms with Gasteiger partial charge in [0.15, 0.2) is 11.4 Å². The third-order valence-electron chi connectivity index (χ3n) is 6.69. The maximum Gasteiger partial charge on any atom is 0.184 e. The number of carbonyl (C=O) groups excluding carboxylic acids is 1. The lowest BCUT2D eigenvalue weighted by atomic mass is 9.87. The van der Waals surface area contributed by atoms with Crippen LogP contribution in [0.15, 0.2) is 60.7 Å². The molecular formula is C26H37Cl2N3O2. The number of hydrogen-bond acceptors (Lipinski definition) is 5. The first-order valence-electron chi connectivity index (χ1n) is 11.7. The summed E-state index contributed by atoms with van der Waals surface area (Å²) in [6, 6.07) is 20.1. The minimum atomic E-state index is -1.44. The van der Waals surface area contributed by atoms with E-state index in [-0.39, 0.29) is 30.6 Å². The van der Waals surface area contributed by atoms with Gasteiger partial charge in [-0.1, -0.05) is 67.1 Å². The molecule has 2 aromatic carbocycles. The summed E-state index contributed by atoms with van der Waals surface area (Å²) in [6.45, 7) is 7.16. The molecule has 182 valence electrons. The van der Waals surface area contributed by atoms with Gasteiger partial charge >= 0.3 is 0 Å². The van der Waals surface area contributed by atoms with Crippen molar-refractivity contribution in [2.45, 2.75) is 31.4 Å². The summed E-state index contributed by atoms with van der Waals surface area (Å²) in [4.78, 5) is 20.3. The number of hydrogen-bond donors (Lipinski definition) is 1. The SMILES string of the molecule is Cl.Cl.O=C(CN1CCN(Cc2ccccc2)CC1)C(O)(CN1CCCCC1)c1ccccc1. The van der Waals surface area contributed by atoms with Crippen LogP contribution in [0.1, 0.15) is 30.4 Å². The summed E-state index contributed by atoms with van der Waals surface area (Å²) in [7, 11) is 0.